The van der Waals surface area contributed by atoms with E-state index in [1.54, 1.807) is 31.2 Å². The van der Waals surface area contributed by atoms with E-state index < -0.39 is 17.9 Å². The van der Waals surface area contributed by atoms with Gasteiger partial charge in [-0.1, -0.05) is 30.9 Å². The third kappa shape index (κ3) is 3.56. The first-order valence-electron chi connectivity index (χ1n) is 7.76. The SMILES string of the molecule is CCC(C(=O)O)N1C(=O)C(=Cc2ccc(-c3ccc(F)cc3)o2)SC1=S. The maximum atomic E-state index is 13.0. The molecular formula is C18H14FNO4S2. The van der Waals surface area contributed by atoms with Gasteiger partial charge < -0.3 is 9.52 Å². The van der Waals surface area contributed by atoms with Crippen molar-refractivity contribution in [3.63, 3.8) is 0 Å². The Morgan fingerprint density at radius 3 is 2.65 bits per heavy atom. The highest BCUT2D eigenvalue weighted by Gasteiger charge is 2.39. The highest BCUT2D eigenvalue weighted by molar-refractivity contribution is 8.26. The molecular weight excluding hydrogens is 377 g/mol. The lowest BCUT2D eigenvalue weighted by atomic mass is 10.2. The number of carboxylic acids is 1. The van der Waals surface area contributed by atoms with Crippen molar-refractivity contribution in [2.24, 2.45) is 0 Å². The molecule has 0 bridgehead atoms. The van der Waals surface area contributed by atoms with Crippen LogP contribution in [0.15, 0.2) is 45.7 Å². The summed E-state index contributed by atoms with van der Waals surface area (Å²) < 4.78 is 18.9. The lowest BCUT2D eigenvalue weighted by molar-refractivity contribution is -0.145. The summed E-state index contributed by atoms with van der Waals surface area (Å²) in [6.07, 6.45) is 1.78. The molecule has 1 aliphatic rings. The zero-order valence-electron chi connectivity index (χ0n) is 13.6. The fourth-order valence-corrected chi connectivity index (χ4v) is 3.88. The van der Waals surface area contributed by atoms with Gasteiger partial charge in [-0.3, -0.25) is 9.69 Å². The van der Waals surface area contributed by atoms with E-state index in [9.17, 15) is 19.1 Å². The summed E-state index contributed by atoms with van der Waals surface area (Å²) in [4.78, 5) is 25.3. The maximum absolute atomic E-state index is 13.0. The average molecular weight is 391 g/mol. The minimum absolute atomic E-state index is 0.209. The Balaban J connectivity index is 1.85. The van der Waals surface area contributed by atoms with Gasteiger partial charge in [-0.15, -0.1) is 0 Å². The molecule has 0 saturated carbocycles. The predicted molar refractivity (Wildman–Crippen MR) is 101 cm³/mol. The molecule has 8 heteroatoms. The second-order valence-electron chi connectivity index (χ2n) is 5.52. The van der Waals surface area contributed by atoms with Gasteiger partial charge in [0.2, 0.25) is 0 Å². The predicted octanol–water partition coefficient (Wildman–Crippen LogP) is 4.15. The van der Waals surface area contributed by atoms with Crippen LogP contribution in [0.25, 0.3) is 17.4 Å². The molecule has 1 atom stereocenters. The van der Waals surface area contributed by atoms with Crippen molar-refractivity contribution in [2.45, 2.75) is 19.4 Å². The topological polar surface area (TPSA) is 70.8 Å². The number of hydrogen-bond donors (Lipinski definition) is 1. The van der Waals surface area contributed by atoms with Crippen LogP contribution in [-0.4, -0.2) is 32.2 Å². The van der Waals surface area contributed by atoms with Crippen LogP contribution in [0.1, 0.15) is 19.1 Å². The van der Waals surface area contributed by atoms with Gasteiger partial charge in [-0.05, 0) is 42.8 Å². The van der Waals surface area contributed by atoms with Crippen molar-refractivity contribution in [3.05, 3.63) is 52.9 Å². The first kappa shape index (κ1) is 18.3. The number of halogens is 1. The molecule has 134 valence electrons. The number of thiocarbonyl (C=S) groups is 1. The molecule has 0 aliphatic carbocycles. The van der Waals surface area contributed by atoms with Crippen LogP contribution in [0, 0.1) is 5.82 Å². The average Bonchev–Trinajstić information content (AvgIpc) is 3.16. The van der Waals surface area contributed by atoms with E-state index in [1.165, 1.54) is 18.2 Å². The van der Waals surface area contributed by atoms with E-state index >= 15 is 0 Å². The molecule has 0 radical (unpaired) electrons. The van der Waals surface area contributed by atoms with E-state index in [0.29, 0.717) is 22.0 Å². The Bertz CT molecular complexity index is 904. The fraction of sp³-hybridized carbons (Fsp3) is 0.167. The van der Waals surface area contributed by atoms with Crippen LogP contribution in [0.3, 0.4) is 0 Å². The van der Waals surface area contributed by atoms with E-state index in [4.69, 9.17) is 16.6 Å². The van der Waals surface area contributed by atoms with Crippen molar-refractivity contribution in [1.29, 1.82) is 0 Å². The monoisotopic (exact) mass is 391 g/mol. The van der Waals surface area contributed by atoms with Crippen molar-refractivity contribution < 1.29 is 23.5 Å². The van der Waals surface area contributed by atoms with Crippen molar-refractivity contribution >= 4 is 46.3 Å². The third-order valence-corrected chi connectivity index (χ3v) is 5.17. The second-order valence-corrected chi connectivity index (χ2v) is 7.20. The van der Waals surface area contributed by atoms with Gasteiger partial charge in [0, 0.05) is 11.6 Å². The summed E-state index contributed by atoms with van der Waals surface area (Å²) in [5.41, 5.74) is 0.704. The molecule has 1 amide bonds. The van der Waals surface area contributed by atoms with Gasteiger partial charge in [0.1, 0.15) is 27.7 Å². The molecule has 1 N–H and O–H groups in total. The Morgan fingerprint density at radius 1 is 1.35 bits per heavy atom. The molecule has 2 heterocycles. The summed E-state index contributed by atoms with van der Waals surface area (Å²) in [6.45, 7) is 1.68. The van der Waals surface area contributed by atoms with Crippen LogP contribution in [0.5, 0.6) is 0 Å². The highest BCUT2D eigenvalue weighted by Crippen LogP contribution is 2.35. The Hall–Kier alpha value is -2.45. The van der Waals surface area contributed by atoms with Crippen molar-refractivity contribution in [1.82, 2.24) is 4.90 Å². The van der Waals surface area contributed by atoms with E-state index in [2.05, 4.69) is 0 Å². The number of carbonyl (C=O) groups is 2. The van der Waals surface area contributed by atoms with Gasteiger partial charge in [0.15, 0.2) is 0 Å². The van der Waals surface area contributed by atoms with E-state index in [0.717, 1.165) is 16.7 Å². The first-order valence-corrected chi connectivity index (χ1v) is 8.99. The summed E-state index contributed by atoms with van der Waals surface area (Å²) in [5.74, 6) is -0.930. The fourth-order valence-electron chi connectivity index (χ4n) is 2.55. The number of nitrogens with zero attached hydrogens (tertiary/aromatic N) is 1. The Labute approximate surface area is 158 Å². The smallest absolute Gasteiger partial charge is 0.326 e. The molecule has 1 aromatic heterocycles. The van der Waals surface area contributed by atoms with Gasteiger partial charge in [-0.25, -0.2) is 9.18 Å². The lowest BCUT2D eigenvalue weighted by Gasteiger charge is -2.21. The molecule has 26 heavy (non-hydrogen) atoms. The number of carboxylic acid groups (broad SMARTS) is 1. The van der Waals surface area contributed by atoms with Crippen LogP contribution >= 0.6 is 24.0 Å². The first-order chi connectivity index (χ1) is 12.4. The van der Waals surface area contributed by atoms with Crippen LogP contribution in [0.4, 0.5) is 4.39 Å². The molecule has 5 nitrogen and oxygen atoms in total. The normalized spacial score (nSPS) is 17.2. The summed E-state index contributed by atoms with van der Waals surface area (Å²) in [5, 5.41) is 9.27. The maximum Gasteiger partial charge on any atom is 0.326 e. The highest BCUT2D eigenvalue weighted by atomic mass is 32.2. The quantitative estimate of drug-likeness (QED) is 0.610. The minimum Gasteiger partial charge on any atom is -0.480 e. The van der Waals surface area contributed by atoms with Gasteiger partial charge >= 0.3 is 5.97 Å². The van der Waals surface area contributed by atoms with E-state index in [1.807, 2.05) is 0 Å². The number of furan rings is 1. The van der Waals surface area contributed by atoms with Crippen LogP contribution < -0.4 is 0 Å². The van der Waals surface area contributed by atoms with Gasteiger partial charge in [-0.2, -0.15) is 0 Å². The molecule has 1 aromatic carbocycles. The lowest BCUT2D eigenvalue weighted by Crippen LogP contribution is -2.43. The van der Waals surface area contributed by atoms with Crippen LogP contribution in [0.2, 0.25) is 0 Å². The summed E-state index contributed by atoms with van der Waals surface area (Å²) in [6, 6.07) is 8.26. The van der Waals surface area contributed by atoms with Crippen molar-refractivity contribution in [2.75, 3.05) is 0 Å². The largest absolute Gasteiger partial charge is 0.480 e. The molecule has 1 saturated heterocycles. The number of thioether (sulfide) groups is 1. The van der Waals surface area contributed by atoms with Gasteiger partial charge in [0.05, 0.1) is 4.91 Å². The number of hydrogen-bond acceptors (Lipinski definition) is 5. The molecule has 3 rings (SSSR count). The molecule has 1 aliphatic heterocycles. The molecule has 0 spiro atoms. The van der Waals surface area contributed by atoms with Crippen molar-refractivity contribution in [3.8, 4) is 11.3 Å². The second kappa shape index (κ2) is 7.43. The Morgan fingerprint density at radius 2 is 2.04 bits per heavy atom. The minimum atomic E-state index is -1.10. The number of aliphatic carboxylic acids is 1. The molecule has 1 fully saturated rings. The summed E-state index contributed by atoms with van der Waals surface area (Å²) in [7, 11) is 0. The molecule has 2 aromatic rings. The zero-order chi connectivity index (χ0) is 18.8. The standard InChI is InChI=1S/C18H14FNO4S2/c1-2-13(17(22)23)20-16(21)15(26-18(20)25)9-12-7-8-14(24-12)10-3-5-11(19)6-4-10/h3-9,13H,2H2,1H3,(H,22,23). The molecule has 1 unspecified atom stereocenters. The van der Waals surface area contributed by atoms with Gasteiger partial charge in [0.25, 0.3) is 5.91 Å². The zero-order valence-corrected chi connectivity index (χ0v) is 15.3. The number of carbonyl (C=O) groups excluding carboxylic acids is 1. The number of benzene rings is 1. The Kier molecular flexibility index (Phi) is 5.24. The number of rotatable bonds is 5. The van der Waals surface area contributed by atoms with Crippen LogP contribution in [-0.2, 0) is 9.59 Å². The summed E-state index contributed by atoms with van der Waals surface area (Å²) >= 11 is 6.21. The van der Waals surface area contributed by atoms with E-state index in [-0.39, 0.29) is 16.6 Å². The number of amides is 1. The third-order valence-electron chi connectivity index (χ3n) is 3.84.